The van der Waals surface area contributed by atoms with E-state index < -0.39 is 0 Å². The lowest BCUT2D eigenvalue weighted by molar-refractivity contribution is 0.242. The molecule has 2 aromatic carbocycles. The van der Waals surface area contributed by atoms with Crippen molar-refractivity contribution in [1.82, 2.24) is 9.55 Å². The molecule has 1 amide bonds. The molecule has 0 fully saturated rings. The molecule has 37 heavy (non-hydrogen) atoms. The fraction of sp³-hybridized carbons (Fsp3) is 0.200. The van der Waals surface area contributed by atoms with E-state index in [1.807, 2.05) is 87.5 Å². The largest absolute Gasteiger partial charge is 0.494 e. The Hall–Kier alpha value is -4.52. The Balaban J connectivity index is 1.53. The van der Waals surface area contributed by atoms with Gasteiger partial charge < -0.3 is 19.8 Å². The second-order valence-electron chi connectivity index (χ2n) is 9.33. The number of hydrogen-bond donors (Lipinski definition) is 2. The number of benzene rings is 2. The molecule has 0 unspecified atom stereocenters. The highest BCUT2D eigenvalue weighted by atomic mass is 16.5. The fourth-order valence-electron chi connectivity index (χ4n) is 4.48. The summed E-state index contributed by atoms with van der Waals surface area (Å²) in [5.41, 5.74) is 6.66. The normalized spacial score (nSPS) is 14.3. The molecule has 0 aliphatic carbocycles. The van der Waals surface area contributed by atoms with Crippen molar-refractivity contribution in [1.29, 1.82) is 0 Å². The van der Waals surface area contributed by atoms with Crippen LogP contribution in [0.5, 0.6) is 5.75 Å². The lowest BCUT2D eigenvalue weighted by Crippen LogP contribution is -2.22. The van der Waals surface area contributed by atoms with Gasteiger partial charge in [0.2, 0.25) is 0 Å². The SMILES string of the molecule is COC1=CC(c2cc3ccccc3n2C(=O)Nc2ccc(OC(C)C)cc2)=N/C1=C\c1[nH]c(C)cc1C. The number of aromatic amines is 1. The number of anilines is 1. The molecule has 7 heteroatoms. The molecular weight excluding hydrogens is 464 g/mol. The molecule has 0 spiro atoms. The molecule has 1 aliphatic rings. The summed E-state index contributed by atoms with van der Waals surface area (Å²) in [6.07, 6.45) is 3.92. The number of methoxy groups -OCH3 is 1. The Morgan fingerprint density at radius 2 is 1.84 bits per heavy atom. The molecule has 0 saturated heterocycles. The number of rotatable bonds is 6. The molecule has 4 aromatic rings. The van der Waals surface area contributed by atoms with Crippen molar-refractivity contribution < 1.29 is 14.3 Å². The van der Waals surface area contributed by atoms with E-state index in [4.69, 9.17) is 14.5 Å². The fourth-order valence-corrected chi connectivity index (χ4v) is 4.48. The van der Waals surface area contributed by atoms with E-state index in [1.165, 1.54) is 0 Å². The zero-order valence-corrected chi connectivity index (χ0v) is 21.6. The molecular formula is C30H30N4O3. The van der Waals surface area contributed by atoms with E-state index >= 15 is 0 Å². The minimum Gasteiger partial charge on any atom is -0.494 e. The number of carbonyl (C=O) groups excluding carboxylic acids is 1. The van der Waals surface area contributed by atoms with Crippen LogP contribution < -0.4 is 10.1 Å². The van der Waals surface area contributed by atoms with Gasteiger partial charge in [-0.2, -0.15) is 0 Å². The predicted molar refractivity (Wildman–Crippen MR) is 148 cm³/mol. The van der Waals surface area contributed by atoms with Gasteiger partial charge in [0, 0.05) is 28.5 Å². The van der Waals surface area contributed by atoms with E-state index in [0.717, 1.165) is 33.6 Å². The maximum Gasteiger partial charge on any atom is 0.331 e. The summed E-state index contributed by atoms with van der Waals surface area (Å²) in [6.45, 7) is 8.03. The third-order valence-electron chi connectivity index (χ3n) is 6.11. The number of nitrogens with one attached hydrogen (secondary N) is 2. The van der Waals surface area contributed by atoms with Gasteiger partial charge in [0.05, 0.1) is 30.1 Å². The second kappa shape index (κ2) is 9.85. The highest BCUT2D eigenvalue weighted by Gasteiger charge is 2.24. The van der Waals surface area contributed by atoms with Crippen LogP contribution in [0.3, 0.4) is 0 Å². The Morgan fingerprint density at radius 1 is 1.08 bits per heavy atom. The summed E-state index contributed by atoms with van der Waals surface area (Å²) in [7, 11) is 1.62. The number of nitrogens with zero attached hydrogens (tertiary/aromatic N) is 2. The van der Waals surface area contributed by atoms with Crippen molar-refractivity contribution in [3.05, 3.63) is 101 Å². The number of ether oxygens (including phenoxy) is 2. The van der Waals surface area contributed by atoms with Gasteiger partial charge >= 0.3 is 6.03 Å². The van der Waals surface area contributed by atoms with Crippen LogP contribution >= 0.6 is 0 Å². The molecule has 2 aromatic heterocycles. The third kappa shape index (κ3) is 4.93. The van der Waals surface area contributed by atoms with E-state index in [2.05, 4.69) is 23.3 Å². The molecule has 0 bridgehead atoms. The van der Waals surface area contributed by atoms with Gasteiger partial charge in [0.1, 0.15) is 17.2 Å². The second-order valence-corrected chi connectivity index (χ2v) is 9.33. The lowest BCUT2D eigenvalue weighted by Gasteiger charge is -2.12. The average Bonchev–Trinajstić information content (AvgIpc) is 3.54. The summed E-state index contributed by atoms with van der Waals surface area (Å²) in [4.78, 5) is 21.8. The zero-order chi connectivity index (χ0) is 26.1. The van der Waals surface area contributed by atoms with Crippen molar-refractivity contribution in [2.24, 2.45) is 4.99 Å². The van der Waals surface area contributed by atoms with Crippen molar-refractivity contribution in [2.45, 2.75) is 33.8 Å². The third-order valence-corrected chi connectivity index (χ3v) is 6.11. The minimum absolute atomic E-state index is 0.0790. The first-order chi connectivity index (χ1) is 17.8. The summed E-state index contributed by atoms with van der Waals surface area (Å²) in [6, 6.07) is 18.9. The van der Waals surface area contributed by atoms with Crippen molar-refractivity contribution in [3.63, 3.8) is 0 Å². The first-order valence-electron chi connectivity index (χ1n) is 12.2. The maximum absolute atomic E-state index is 13.6. The molecule has 5 rings (SSSR count). The molecule has 188 valence electrons. The van der Waals surface area contributed by atoms with Crippen LogP contribution in [-0.2, 0) is 4.74 Å². The monoisotopic (exact) mass is 494 g/mol. The first-order valence-corrected chi connectivity index (χ1v) is 12.2. The lowest BCUT2D eigenvalue weighted by atomic mass is 10.2. The Bertz CT molecular complexity index is 1570. The Labute approximate surface area is 216 Å². The Kier molecular flexibility index (Phi) is 6.44. The standard InChI is InChI=1S/C30H30N4O3/c1-18(2)37-23-12-10-22(11-13-23)32-30(35)34-27-9-7-6-8-21(27)15-28(34)25-17-29(36-5)26(33-25)16-24-19(3)14-20(4)31-24/h6-18,31H,1-5H3,(H,32,35)/b26-16-. The van der Waals surface area contributed by atoms with Crippen LogP contribution in [-0.4, -0.2) is 34.5 Å². The smallest absolute Gasteiger partial charge is 0.331 e. The predicted octanol–water partition coefficient (Wildman–Crippen LogP) is 6.83. The van der Waals surface area contributed by atoms with Gasteiger partial charge in [0.25, 0.3) is 0 Å². The number of hydrogen-bond acceptors (Lipinski definition) is 4. The number of aromatic nitrogens is 2. The quantitative estimate of drug-likeness (QED) is 0.308. The highest BCUT2D eigenvalue weighted by molar-refractivity contribution is 6.16. The van der Waals surface area contributed by atoms with Crippen LogP contribution in [0.1, 0.15) is 36.5 Å². The molecule has 2 N–H and O–H groups in total. The van der Waals surface area contributed by atoms with E-state index in [-0.39, 0.29) is 12.1 Å². The molecule has 1 aliphatic heterocycles. The summed E-state index contributed by atoms with van der Waals surface area (Å²) in [5.74, 6) is 1.39. The number of aliphatic imine (C=N–C) groups is 1. The summed E-state index contributed by atoms with van der Waals surface area (Å²) >= 11 is 0. The average molecular weight is 495 g/mol. The number of carbonyl (C=O) groups is 1. The van der Waals surface area contributed by atoms with Crippen LogP contribution in [0.4, 0.5) is 10.5 Å². The van der Waals surface area contributed by atoms with Crippen LogP contribution in [0.2, 0.25) is 0 Å². The van der Waals surface area contributed by atoms with E-state index in [0.29, 0.717) is 28.5 Å². The molecule has 0 atom stereocenters. The molecule has 0 saturated carbocycles. The number of amides is 1. The highest BCUT2D eigenvalue weighted by Crippen LogP contribution is 2.29. The first kappa shape index (κ1) is 24.2. The zero-order valence-electron chi connectivity index (χ0n) is 21.6. The van der Waals surface area contributed by atoms with Crippen LogP contribution in [0.25, 0.3) is 17.0 Å². The van der Waals surface area contributed by atoms with Crippen LogP contribution in [0.15, 0.2) is 83.2 Å². The Morgan fingerprint density at radius 3 is 2.51 bits per heavy atom. The van der Waals surface area contributed by atoms with Crippen molar-refractivity contribution in [3.8, 4) is 5.75 Å². The van der Waals surface area contributed by atoms with E-state index in [1.54, 1.807) is 11.7 Å². The van der Waals surface area contributed by atoms with Gasteiger partial charge in [-0.1, -0.05) is 18.2 Å². The number of H-pyrrole nitrogens is 1. The number of para-hydroxylation sites is 1. The summed E-state index contributed by atoms with van der Waals surface area (Å²) < 4.78 is 13.0. The van der Waals surface area contributed by atoms with Crippen LogP contribution in [0, 0.1) is 13.8 Å². The van der Waals surface area contributed by atoms with Gasteiger partial charge in [-0.3, -0.25) is 4.57 Å². The van der Waals surface area contributed by atoms with Gasteiger partial charge in [-0.05, 0) is 81.8 Å². The van der Waals surface area contributed by atoms with Gasteiger partial charge in [0.15, 0.2) is 0 Å². The maximum atomic E-state index is 13.6. The van der Waals surface area contributed by atoms with Crippen molar-refractivity contribution >= 4 is 34.4 Å². The van der Waals surface area contributed by atoms with Gasteiger partial charge in [-0.15, -0.1) is 0 Å². The molecule has 3 heterocycles. The number of aryl methyl sites for hydroxylation is 2. The summed E-state index contributed by atoms with van der Waals surface area (Å²) in [5, 5.41) is 3.95. The van der Waals surface area contributed by atoms with Crippen molar-refractivity contribution in [2.75, 3.05) is 12.4 Å². The number of fused-ring (bicyclic) bond motifs is 1. The molecule has 0 radical (unpaired) electrons. The molecule has 7 nitrogen and oxygen atoms in total. The minimum atomic E-state index is -0.280. The number of allylic oxidation sites excluding steroid dienone is 1. The topological polar surface area (TPSA) is 80.6 Å². The van der Waals surface area contributed by atoms with E-state index in [9.17, 15) is 4.79 Å². The van der Waals surface area contributed by atoms with Gasteiger partial charge in [-0.25, -0.2) is 9.79 Å².